The Morgan fingerprint density at radius 1 is 0.885 bits per heavy atom. The Hall–Kier alpha value is -3.34. The summed E-state index contributed by atoms with van der Waals surface area (Å²) in [6.45, 7) is 0.605. The van der Waals surface area contributed by atoms with Crippen molar-refractivity contribution in [3.8, 4) is 5.75 Å². The van der Waals surface area contributed by atoms with Crippen molar-refractivity contribution in [2.45, 2.75) is 13.2 Å². The lowest BCUT2D eigenvalue weighted by molar-refractivity contribution is 0.251. The number of benzene rings is 3. The number of rotatable bonds is 6. The van der Waals surface area contributed by atoms with Crippen molar-refractivity contribution >= 4 is 11.7 Å². The highest BCUT2D eigenvalue weighted by Gasteiger charge is 2.05. The van der Waals surface area contributed by atoms with Gasteiger partial charge in [0.25, 0.3) is 0 Å². The van der Waals surface area contributed by atoms with Crippen LogP contribution in [0.5, 0.6) is 5.75 Å². The van der Waals surface area contributed by atoms with Gasteiger partial charge in [0.1, 0.15) is 18.2 Å². The van der Waals surface area contributed by atoms with Crippen LogP contribution in [0.25, 0.3) is 0 Å². The van der Waals surface area contributed by atoms with Crippen molar-refractivity contribution < 1.29 is 13.9 Å². The third-order valence-electron chi connectivity index (χ3n) is 3.76. The number of nitrogens with one attached hydrogen (secondary N) is 2. The molecule has 0 bridgehead atoms. The number of carbonyl (C=O) groups is 1. The monoisotopic (exact) mass is 350 g/mol. The van der Waals surface area contributed by atoms with Gasteiger partial charge in [0.05, 0.1) is 0 Å². The molecule has 0 atom stereocenters. The quantitative estimate of drug-likeness (QED) is 0.675. The Labute approximate surface area is 151 Å². The minimum absolute atomic E-state index is 0.122. The number of hydrogen-bond donors (Lipinski definition) is 2. The van der Waals surface area contributed by atoms with Crippen molar-refractivity contribution in [2.75, 3.05) is 5.32 Å². The smallest absolute Gasteiger partial charge is 0.319 e. The second-order valence-electron chi connectivity index (χ2n) is 5.70. The highest BCUT2D eigenvalue weighted by atomic mass is 19.1. The summed E-state index contributed by atoms with van der Waals surface area (Å²) in [7, 11) is 0. The van der Waals surface area contributed by atoms with E-state index in [9.17, 15) is 9.18 Å². The predicted molar refractivity (Wildman–Crippen MR) is 99.5 cm³/mol. The summed E-state index contributed by atoms with van der Waals surface area (Å²) in [4.78, 5) is 11.9. The van der Waals surface area contributed by atoms with E-state index in [1.54, 1.807) is 42.5 Å². The predicted octanol–water partition coefficient (Wildman–Crippen LogP) is 4.73. The van der Waals surface area contributed by atoms with Gasteiger partial charge in [0.2, 0.25) is 0 Å². The van der Waals surface area contributed by atoms with Crippen LogP contribution >= 0.6 is 0 Å². The van der Waals surface area contributed by atoms with E-state index in [2.05, 4.69) is 10.6 Å². The van der Waals surface area contributed by atoms with E-state index in [1.807, 2.05) is 30.3 Å². The Balaban J connectivity index is 1.47. The van der Waals surface area contributed by atoms with Crippen molar-refractivity contribution in [1.82, 2.24) is 5.32 Å². The van der Waals surface area contributed by atoms with Crippen molar-refractivity contribution in [2.24, 2.45) is 0 Å². The first kappa shape index (κ1) is 17.5. The van der Waals surface area contributed by atoms with Crippen LogP contribution in [0.2, 0.25) is 0 Å². The average molecular weight is 350 g/mol. The number of carbonyl (C=O) groups excluding carboxylic acids is 1. The molecule has 2 amide bonds. The number of halogens is 1. The molecule has 4 nitrogen and oxygen atoms in total. The van der Waals surface area contributed by atoms with Gasteiger partial charge in [-0.15, -0.1) is 0 Å². The molecular weight excluding hydrogens is 331 g/mol. The molecular formula is C21H19FN2O2. The lowest BCUT2D eigenvalue weighted by Crippen LogP contribution is -2.28. The third-order valence-corrected chi connectivity index (χ3v) is 3.76. The maximum Gasteiger partial charge on any atom is 0.319 e. The van der Waals surface area contributed by atoms with Gasteiger partial charge in [-0.2, -0.15) is 0 Å². The molecule has 0 aliphatic heterocycles. The molecule has 0 saturated heterocycles. The van der Waals surface area contributed by atoms with Crippen molar-refractivity contribution in [3.05, 3.63) is 95.8 Å². The van der Waals surface area contributed by atoms with Crippen LogP contribution in [-0.2, 0) is 13.2 Å². The second kappa shape index (κ2) is 8.67. The highest BCUT2D eigenvalue weighted by molar-refractivity contribution is 5.89. The summed E-state index contributed by atoms with van der Waals surface area (Å²) < 4.78 is 19.2. The SMILES string of the molecule is O=C(NCc1ccccc1F)Nc1ccc(OCc2ccccc2)cc1. The maximum absolute atomic E-state index is 13.5. The molecule has 0 aliphatic carbocycles. The number of amides is 2. The van der Waals surface area contributed by atoms with Crippen LogP contribution in [0.4, 0.5) is 14.9 Å². The third kappa shape index (κ3) is 5.08. The van der Waals surface area contributed by atoms with E-state index >= 15 is 0 Å². The molecule has 2 N–H and O–H groups in total. The summed E-state index contributed by atoms with van der Waals surface area (Å²) in [5.41, 5.74) is 2.15. The zero-order valence-corrected chi connectivity index (χ0v) is 14.1. The number of anilines is 1. The molecule has 0 unspecified atom stereocenters. The summed E-state index contributed by atoms with van der Waals surface area (Å²) in [6, 6.07) is 22.9. The lowest BCUT2D eigenvalue weighted by Gasteiger charge is -2.10. The fourth-order valence-electron chi connectivity index (χ4n) is 2.37. The zero-order valence-electron chi connectivity index (χ0n) is 14.1. The standard InChI is InChI=1S/C21H19FN2O2/c22-20-9-5-4-8-17(20)14-23-21(25)24-18-10-12-19(13-11-18)26-15-16-6-2-1-3-7-16/h1-13H,14-15H2,(H2,23,24,25). The molecule has 3 aromatic rings. The molecule has 5 heteroatoms. The highest BCUT2D eigenvalue weighted by Crippen LogP contribution is 2.17. The molecule has 0 aliphatic rings. The molecule has 0 aromatic heterocycles. The van der Waals surface area contributed by atoms with Crippen LogP contribution < -0.4 is 15.4 Å². The Morgan fingerprint density at radius 3 is 2.31 bits per heavy atom. The van der Waals surface area contributed by atoms with Gasteiger partial charge in [-0.1, -0.05) is 48.5 Å². The first-order valence-corrected chi connectivity index (χ1v) is 8.26. The molecule has 0 heterocycles. The van der Waals surface area contributed by atoms with Crippen LogP contribution in [0.3, 0.4) is 0 Å². The van der Waals surface area contributed by atoms with Gasteiger partial charge >= 0.3 is 6.03 Å². The first-order valence-electron chi connectivity index (χ1n) is 8.26. The fourth-order valence-corrected chi connectivity index (χ4v) is 2.37. The van der Waals surface area contributed by atoms with Gasteiger partial charge in [-0.3, -0.25) is 0 Å². The maximum atomic E-state index is 13.5. The first-order chi connectivity index (χ1) is 12.7. The molecule has 0 spiro atoms. The Bertz CT molecular complexity index is 851. The fraction of sp³-hybridized carbons (Fsp3) is 0.0952. The van der Waals surface area contributed by atoms with E-state index in [0.29, 0.717) is 23.6 Å². The molecule has 0 saturated carbocycles. The Morgan fingerprint density at radius 2 is 1.58 bits per heavy atom. The van der Waals surface area contributed by atoms with E-state index in [0.717, 1.165) is 5.56 Å². The zero-order chi connectivity index (χ0) is 18.2. The largest absolute Gasteiger partial charge is 0.489 e. The molecule has 0 fully saturated rings. The topological polar surface area (TPSA) is 50.4 Å². The van der Waals surface area contributed by atoms with E-state index in [-0.39, 0.29) is 12.4 Å². The lowest BCUT2D eigenvalue weighted by atomic mass is 10.2. The van der Waals surface area contributed by atoms with Gasteiger partial charge in [0.15, 0.2) is 0 Å². The van der Waals surface area contributed by atoms with Crippen LogP contribution in [-0.4, -0.2) is 6.03 Å². The molecule has 3 aromatic carbocycles. The average Bonchev–Trinajstić information content (AvgIpc) is 2.68. The minimum atomic E-state index is -0.397. The van der Waals surface area contributed by atoms with E-state index in [4.69, 9.17) is 4.74 Å². The van der Waals surface area contributed by atoms with Crippen LogP contribution in [0.15, 0.2) is 78.9 Å². The number of hydrogen-bond acceptors (Lipinski definition) is 2. The van der Waals surface area contributed by atoms with Crippen molar-refractivity contribution in [1.29, 1.82) is 0 Å². The Kier molecular flexibility index (Phi) is 5.83. The second-order valence-corrected chi connectivity index (χ2v) is 5.70. The van der Waals surface area contributed by atoms with E-state index < -0.39 is 6.03 Å². The van der Waals surface area contributed by atoms with Gasteiger partial charge < -0.3 is 15.4 Å². The summed E-state index contributed by atoms with van der Waals surface area (Å²) in [5.74, 6) is 0.374. The van der Waals surface area contributed by atoms with Gasteiger partial charge in [-0.05, 0) is 35.9 Å². The van der Waals surface area contributed by atoms with Crippen LogP contribution in [0.1, 0.15) is 11.1 Å². The van der Waals surface area contributed by atoms with Gasteiger partial charge in [-0.25, -0.2) is 9.18 Å². The summed E-state index contributed by atoms with van der Waals surface area (Å²) >= 11 is 0. The van der Waals surface area contributed by atoms with E-state index in [1.165, 1.54) is 6.07 Å². The summed E-state index contributed by atoms with van der Waals surface area (Å²) in [6.07, 6.45) is 0. The molecule has 3 rings (SSSR count). The number of urea groups is 1. The minimum Gasteiger partial charge on any atom is -0.489 e. The van der Waals surface area contributed by atoms with Crippen LogP contribution in [0, 0.1) is 5.82 Å². The van der Waals surface area contributed by atoms with Gasteiger partial charge in [0, 0.05) is 17.8 Å². The summed E-state index contributed by atoms with van der Waals surface area (Å²) in [5, 5.41) is 5.33. The molecule has 132 valence electrons. The number of ether oxygens (including phenoxy) is 1. The molecule has 26 heavy (non-hydrogen) atoms. The molecule has 0 radical (unpaired) electrons. The van der Waals surface area contributed by atoms with Crippen molar-refractivity contribution in [3.63, 3.8) is 0 Å². The normalized spacial score (nSPS) is 10.2.